The molecular formula is C23H27Cl2N3O3S. The number of halogens is 2. The van der Waals surface area contributed by atoms with Crippen molar-refractivity contribution < 1.29 is 13.8 Å². The van der Waals surface area contributed by atoms with E-state index >= 15 is 0 Å². The summed E-state index contributed by atoms with van der Waals surface area (Å²) in [6.07, 6.45) is 0. The van der Waals surface area contributed by atoms with Gasteiger partial charge in [0, 0.05) is 48.0 Å². The largest absolute Gasteiger partial charge is 0.365 e. The molecule has 0 spiro atoms. The molecular weight excluding hydrogens is 469 g/mol. The van der Waals surface area contributed by atoms with Crippen molar-refractivity contribution in [2.45, 2.75) is 37.8 Å². The van der Waals surface area contributed by atoms with Crippen LogP contribution in [-0.4, -0.2) is 58.4 Å². The van der Waals surface area contributed by atoms with Gasteiger partial charge in [0.25, 0.3) is 5.91 Å². The molecule has 1 heterocycles. The van der Waals surface area contributed by atoms with Crippen LogP contribution in [0, 0.1) is 0 Å². The molecule has 0 aliphatic carbocycles. The Morgan fingerprint density at radius 2 is 1.84 bits per heavy atom. The van der Waals surface area contributed by atoms with E-state index in [9.17, 15) is 13.8 Å². The standard InChI is InChI=1S/C23H27Cl2N3O3S/c1-4-26-22(29)14-32(31)21-9-8-17(12-20(21)25)23(30)28-11-10-27(15(2)16(28)3)19-7-5-6-18(24)13-19/h5-9,12-13,15-16H,4,10-11,14H2,1-3H3,(H,26,29)/t15-,16-,32?/m0/s1. The second kappa shape index (κ2) is 10.7. The van der Waals surface area contributed by atoms with Crippen molar-refractivity contribution in [2.75, 3.05) is 30.3 Å². The van der Waals surface area contributed by atoms with Crippen LogP contribution in [0.3, 0.4) is 0 Å². The molecule has 9 heteroatoms. The molecule has 1 N–H and O–H groups in total. The lowest BCUT2D eigenvalue weighted by Gasteiger charge is -2.46. The number of hydrogen-bond donors (Lipinski definition) is 1. The van der Waals surface area contributed by atoms with Gasteiger partial charge < -0.3 is 15.1 Å². The summed E-state index contributed by atoms with van der Waals surface area (Å²) in [6, 6.07) is 12.5. The molecule has 3 atom stereocenters. The minimum Gasteiger partial charge on any atom is -0.365 e. The first-order valence-corrected chi connectivity index (χ1v) is 12.6. The maximum absolute atomic E-state index is 13.2. The Bertz CT molecular complexity index is 1030. The van der Waals surface area contributed by atoms with E-state index in [4.69, 9.17) is 23.2 Å². The molecule has 1 aliphatic heterocycles. The summed E-state index contributed by atoms with van der Waals surface area (Å²) >= 11 is 12.5. The van der Waals surface area contributed by atoms with Gasteiger partial charge in [0.2, 0.25) is 5.91 Å². The fourth-order valence-corrected chi connectivity index (χ4v) is 5.49. The predicted molar refractivity (Wildman–Crippen MR) is 130 cm³/mol. The lowest BCUT2D eigenvalue weighted by Crippen LogP contribution is -2.59. The van der Waals surface area contributed by atoms with Crippen LogP contribution in [0.5, 0.6) is 0 Å². The van der Waals surface area contributed by atoms with E-state index in [1.807, 2.05) is 36.1 Å². The molecule has 1 unspecified atom stereocenters. The summed E-state index contributed by atoms with van der Waals surface area (Å²) in [5, 5.41) is 3.52. The van der Waals surface area contributed by atoms with Crippen LogP contribution >= 0.6 is 23.2 Å². The molecule has 0 aromatic heterocycles. The summed E-state index contributed by atoms with van der Waals surface area (Å²) in [6.45, 7) is 7.62. The highest BCUT2D eigenvalue weighted by Crippen LogP contribution is 2.28. The number of carbonyl (C=O) groups excluding carboxylic acids is 2. The molecule has 0 saturated carbocycles. The zero-order valence-corrected chi connectivity index (χ0v) is 20.6. The third-order valence-electron chi connectivity index (χ3n) is 5.72. The zero-order valence-electron chi connectivity index (χ0n) is 18.3. The summed E-state index contributed by atoms with van der Waals surface area (Å²) < 4.78 is 12.5. The maximum atomic E-state index is 13.2. The quantitative estimate of drug-likeness (QED) is 0.657. The SMILES string of the molecule is CCNC(=O)CS(=O)c1ccc(C(=O)N2CCN(c3cccc(Cl)c3)[C@@H](C)[C@@H]2C)cc1Cl. The molecule has 172 valence electrons. The van der Waals surface area contributed by atoms with Crippen molar-refractivity contribution >= 4 is 51.5 Å². The van der Waals surface area contributed by atoms with Gasteiger partial charge in [-0.15, -0.1) is 0 Å². The van der Waals surface area contributed by atoms with Gasteiger partial charge in [0.15, 0.2) is 0 Å². The number of amides is 2. The molecule has 3 rings (SSSR count). The van der Waals surface area contributed by atoms with Gasteiger partial charge in [0.1, 0.15) is 5.75 Å². The lowest BCUT2D eigenvalue weighted by atomic mass is 10.0. The van der Waals surface area contributed by atoms with Crippen molar-refractivity contribution in [2.24, 2.45) is 0 Å². The monoisotopic (exact) mass is 495 g/mol. The average molecular weight is 496 g/mol. The molecule has 32 heavy (non-hydrogen) atoms. The van der Waals surface area contributed by atoms with Crippen LogP contribution in [0.25, 0.3) is 0 Å². The first-order valence-electron chi connectivity index (χ1n) is 10.5. The van der Waals surface area contributed by atoms with Gasteiger partial charge in [-0.2, -0.15) is 0 Å². The van der Waals surface area contributed by atoms with Gasteiger partial charge in [-0.05, 0) is 57.2 Å². The van der Waals surface area contributed by atoms with E-state index < -0.39 is 10.8 Å². The second-order valence-electron chi connectivity index (χ2n) is 7.74. The Morgan fingerprint density at radius 3 is 2.50 bits per heavy atom. The van der Waals surface area contributed by atoms with Crippen LogP contribution in [0.15, 0.2) is 47.4 Å². The summed E-state index contributed by atoms with van der Waals surface area (Å²) in [5.41, 5.74) is 1.47. The number of benzene rings is 2. The van der Waals surface area contributed by atoms with E-state index in [0.29, 0.717) is 35.1 Å². The van der Waals surface area contributed by atoms with Crippen molar-refractivity contribution in [1.29, 1.82) is 0 Å². The Kier molecular flexibility index (Phi) is 8.20. The number of nitrogens with one attached hydrogen (secondary N) is 1. The zero-order chi connectivity index (χ0) is 23.4. The average Bonchev–Trinajstić information content (AvgIpc) is 2.75. The van der Waals surface area contributed by atoms with Crippen molar-refractivity contribution in [3.63, 3.8) is 0 Å². The number of piperazine rings is 1. The fourth-order valence-electron chi connectivity index (χ4n) is 3.88. The van der Waals surface area contributed by atoms with E-state index in [0.717, 1.165) is 5.69 Å². The molecule has 1 aliphatic rings. The second-order valence-corrected chi connectivity index (χ2v) is 10.0. The van der Waals surface area contributed by atoms with E-state index in [1.54, 1.807) is 19.1 Å². The predicted octanol–water partition coefficient (Wildman–Crippen LogP) is 3.98. The van der Waals surface area contributed by atoms with Gasteiger partial charge >= 0.3 is 0 Å². The molecule has 2 aromatic carbocycles. The molecule has 0 bridgehead atoms. The molecule has 2 aromatic rings. The lowest BCUT2D eigenvalue weighted by molar-refractivity contribution is -0.118. The number of hydrogen-bond acceptors (Lipinski definition) is 4. The van der Waals surface area contributed by atoms with Crippen LogP contribution in [0.2, 0.25) is 10.0 Å². The fraction of sp³-hybridized carbons (Fsp3) is 0.391. The molecule has 1 fully saturated rings. The van der Waals surface area contributed by atoms with Crippen molar-refractivity contribution in [1.82, 2.24) is 10.2 Å². The normalized spacial score (nSPS) is 19.5. The van der Waals surface area contributed by atoms with Crippen LogP contribution < -0.4 is 10.2 Å². The highest BCUT2D eigenvalue weighted by atomic mass is 35.5. The summed E-state index contributed by atoms with van der Waals surface area (Å²) in [4.78, 5) is 29.4. The molecule has 1 saturated heterocycles. The maximum Gasteiger partial charge on any atom is 0.254 e. The third-order valence-corrected chi connectivity index (χ3v) is 7.75. The Balaban J connectivity index is 1.73. The topological polar surface area (TPSA) is 69.7 Å². The number of nitrogens with zero attached hydrogens (tertiary/aromatic N) is 2. The minimum absolute atomic E-state index is 0.0412. The van der Waals surface area contributed by atoms with E-state index in [1.165, 1.54) is 6.07 Å². The van der Waals surface area contributed by atoms with Crippen molar-refractivity contribution in [3.05, 3.63) is 58.1 Å². The number of carbonyl (C=O) groups is 2. The third kappa shape index (κ3) is 5.45. The van der Waals surface area contributed by atoms with Crippen molar-refractivity contribution in [3.8, 4) is 0 Å². The van der Waals surface area contributed by atoms with E-state index in [-0.39, 0.29) is 34.7 Å². The first kappa shape index (κ1) is 24.6. The molecule has 0 radical (unpaired) electrons. The van der Waals surface area contributed by atoms with Crippen LogP contribution in [0.4, 0.5) is 5.69 Å². The van der Waals surface area contributed by atoms with Crippen LogP contribution in [0.1, 0.15) is 31.1 Å². The minimum atomic E-state index is -1.58. The van der Waals surface area contributed by atoms with Gasteiger partial charge in [-0.1, -0.05) is 29.3 Å². The number of rotatable bonds is 6. The highest BCUT2D eigenvalue weighted by Gasteiger charge is 2.34. The molecule has 6 nitrogen and oxygen atoms in total. The van der Waals surface area contributed by atoms with Gasteiger partial charge in [0.05, 0.1) is 20.7 Å². The smallest absolute Gasteiger partial charge is 0.254 e. The molecule has 2 amide bonds. The summed E-state index contributed by atoms with van der Waals surface area (Å²) in [7, 11) is -1.58. The summed E-state index contributed by atoms with van der Waals surface area (Å²) in [5.74, 6) is -0.596. The van der Waals surface area contributed by atoms with Gasteiger partial charge in [-0.25, -0.2) is 0 Å². The number of anilines is 1. The Labute approximate surface area is 201 Å². The van der Waals surface area contributed by atoms with Crippen LogP contribution in [-0.2, 0) is 15.6 Å². The van der Waals surface area contributed by atoms with Gasteiger partial charge in [-0.3, -0.25) is 13.8 Å². The first-order chi connectivity index (χ1) is 15.2. The highest BCUT2D eigenvalue weighted by molar-refractivity contribution is 7.85. The Hall–Kier alpha value is -2.09. The van der Waals surface area contributed by atoms with E-state index in [2.05, 4.69) is 17.1 Å². The Morgan fingerprint density at radius 1 is 1.09 bits per heavy atom.